The van der Waals surface area contributed by atoms with Crippen LogP contribution >= 0.6 is 0 Å². The normalized spacial score (nSPS) is 15.0. The summed E-state index contributed by atoms with van der Waals surface area (Å²) in [6.07, 6.45) is -4.44. The van der Waals surface area contributed by atoms with Gasteiger partial charge in [0, 0.05) is 18.8 Å². The third-order valence-electron chi connectivity index (χ3n) is 4.73. The molecule has 0 radical (unpaired) electrons. The maximum Gasteiger partial charge on any atom is 0.416 e. The molecule has 0 unspecified atom stereocenters. The van der Waals surface area contributed by atoms with Crippen molar-refractivity contribution in [2.24, 2.45) is 0 Å². The monoisotopic (exact) mass is 374 g/mol. The third kappa shape index (κ3) is 3.22. The fourth-order valence-electron chi connectivity index (χ4n) is 3.39. The van der Waals surface area contributed by atoms with E-state index >= 15 is 0 Å². The topological polar surface area (TPSA) is 50.2 Å². The molecule has 1 aliphatic rings. The zero-order valence-electron chi connectivity index (χ0n) is 14.5. The van der Waals surface area contributed by atoms with Gasteiger partial charge in [0.1, 0.15) is 5.82 Å². The minimum absolute atomic E-state index is 0.102. The number of anilines is 1. The molecule has 1 aromatic heterocycles. The number of hydrogen-bond acceptors (Lipinski definition) is 2. The highest BCUT2D eigenvalue weighted by atomic mass is 19.4. The van der Waals surface area contributed by atoms with E-state index in [9.17, 15) is 18.0 Å². The predicted octanol–water partition coefficient (Wildman–Crippen LogP) is 4.45. The van der Waals surface area contributed by atoms with Crippen molar-refractivity contribution < 1.29 is 18.0 Å². The van der Waals surface area contributed by atoms with Crippen molar-refractivity contribution in [3.05, 3.63) is 59.9 Å². The van der Waals surface area contributed by atoms with E-state index in [0.29, 0.717) is 13.1 Å². The van der Waals surface area contributed by atoms with Crippen LogP contribution in [0.4, 0.5) is 23.7 Å². The molecule has 27 heavy (non-hydrogen) atoms. The van der Waals surface area contributed by atoms with Crippen molar-refractivity contribution in [2.45, 2.75) is 19.1 Å². The summed E-state index contributed by atoms with van der Waals surface area (Å²) in [5.74, 6) is 0.874. The fourth-order valence-corrected chi connectivity index (χ4v) is 3.39. The van der Waals surface area contributed by atoms with Gasteiger partial charge in [0.05, 0.1) is 22.6 Å². The van der Waals surface area contributed by atoms with Crippen molar-refractivity contribution in [2.75, 3.05) is 18.4 Å². The van der Waals surface area contributed by atoms with Gasteiger partial charge in [0.2, 0.25) is 0 Å². The first-order valence-electron chi connectivity index (χ1n) is 8.49. The number of para-hydroxylation sites is 2. The van der Waals surface area contributed by atoms with E-state index in [1.807, 2.05) is 31.2 Å². The molecule has 0 bridgehead atoms. The molecule has 2 amide bonds. The number of nitrogens with one attached hydrogen (secondary N) is 1. The van der Waals surface area contributed by atoms with Gasteiger partial charge in [0.15, 0.2) is 0 Å². The Balaban J connectivity index is 1.44. The highest BCUT2D eigenvalue weighted by Crippen LogP contribution is 2.31. The molecule has 8 heteroatoms. The fraction of sp³-hybridized carbons (Fsp3) is 0.263. The number of fused-ring (bicyclic) bond motifs is 1. The van der Waals surface area contributed by atoms with Crippen LogP contribution in [-0.4, -0.2) is 33.6 Å². The summed E-state index contributed by atoms with van der Waals surface area (Å²) in [7, 11) is 0. The van der Waals surface area contributed by atoms with Gasteiger partial charge in [-0.3, -0.25) is 0 Å². The smallest absolute Gasteiger partial charge is 0.321 e. The van der Waals surface area contributed by atoms with E-state index < -0.39 is 17.8 Å². The molecular weight excluding hydrogens is 357 g/mol. The van der Waals surface area contributed by atoms with Crippen LogP contribution in [0.2, 0.25) is 0 Å². The molecule has 3 aromatic rings. The summed E-state index contributed by atoms with van der Waals surface area (Å²) in [4.78, 5) is 18.4. The number of halogens is 3. The molecule has 1 saturated heterocycles. The minimum Gasteiger partial charge on any atom is -0.321 e. The minimum atomic E-state index is -4.44. The summed E-state index contributed by atoms with van der Waals surface area (Å²) in [5, 5.41) is 2.54. The van der Waals surface area contributed by atoms with Gasteiger partial charge in [-0.2, -0.15) is 13.2 Å². The highest BCUT2D eigenvalue weighted by molar-refractivity contribution is 5.90. The van der Waals surface area contributed by atoms with Crippen LogP contribution in [0.25, 0.3) is 11.0 Å². The van der Waals surface area contributed by atoms with E-state index in [-0.39, 0.29) is 11.7 Å². The van der Waals surface area contributed by atoms with Crippen molar-refractivity contribution in [1.29, 1.82) is 0 Å². The number of benzene rings is 2. The van der Waals surface area contributed by atoms with Gasteiger partial charge < -0.3 is 14.8 Å². The van der Waals surface area contributed by atoms with Gasteiger partial charge in [-0.05, 0) is 37.3 Å². The molecule has 2 aromatic carbocycles. The summed E-state index contributed by atoms with van der Waals surface area (Å²) in [6.45, 7) is 2.88. The summed E-state index contributed by atoms with van der Waals surface area (Å²) in [6, 6.07) is 12.1. The molecule has 5 nitrogen and oxygen atoms in total. The van der Waals surface area contributed by atoms with Crippen LogP contribution < -0.4 is 5.32 Å². The SMILES string of the molecule is Cc1nc2ccccc2n1C1CN(C(=O)Nc2cccc(C(F)(F)F)c2)C1. The van der Waals surface area contributed by atoms with Gasteiger partial charge in [-0.1, -0.05) is 18.2 Å². The first-order chi connectivity index (χ1) is 12.8. The quantitative estimate of drug-likeness (QED) is 0.720. The van der Waals surface area contributed by atoms with E-state index in [1.165, 1.54) is 12.1 Å². The Morgan fingerprint density at radius 1 is 1.15 bits per heavy atom. The number of alkyl halides is 3. The predicted molar refractivity (Wildman–Crippen MR) is 95.5 cm³/mol. The number of amides is 2. The second-order valence-corrected chi connectivity index (χ2v) is 6.59. The number of carbonyl (C=O) groups excluding carboxylic acids is 1. The molecule has 0 atom stereocenters. The lowest BCUT2D eigenvalue weighted by Crippen LogP contribution is -2.52. The summed E-state index contributed by atoms with van der Waals surface area (Å²) >= 11 is 0. The number of likely N-dealkylation sites (tertiary alicyclic amines) is 1. The molecule has 140 valence electrons. The van der Waals surface area contributed by atoms with Gasteiger partial charge in [-0.25, -0.2) is 9.78 Å². The Kier molecular flexibility index (Phi) is 4.05. The molecule has 0 saturated carbocycles. The van der Waals surface area contributed by atoms with Crippen LogP contribution in [0.3, 0.4) is 0 Å². The average molecular weight is 374 g/mol. The molecule has 1 N–H and O–H groups in total. The van der Waals surface area contributed by atoms with Crippen molar-refractivity contribution in [3.8, 4) is 0 Å². The Bertz CT molecular complexity index is 1010. The molecule has 0 aliphatic carbocycles. The molecule has 2 heterocycles. The molecular formula is C19H17F3N4O. The maximum atomic E-state index is 12.8. The lowest BCUT2D eigenvalue weighted by Gasteiger charge is -2.40. The Morgan fingerprint density at radius 3 is 2.63 bits per heavy atom. The van der Waals surface area contributed by atoms with Crippen molar-refractivity contribution in [3.63, 3.8) is 0 Å². The van der Waals surface area contributed by atoms with Crippen LogP contribution in [0.15, 0.2) is 48.5 Å². The van der Waals surface area contributed by atoms with E-state index in [1.54, 1.807) is 4.90 Å². The lowest BCUT2D eigenvalue weighted by molar-refractivity contribution is -0.137. The second kappa shape index (κ2) is 6.29. The number of aryl methyl sites for hydroxylation is 1. The number of urea groups is 1. The lowest BCUT2D eigenvalue weighted by atomic mass is 10.1. The molecule has 1 fully saturated rings. The van der Waals surface area contributed by atoms with Crippen LogP contribution in [-0.2, 0) is 6.18 Å². The Labute approximate surface area is 153 Å². The highest BCUT2D eigenvalue weighted by Gasteiger charge is 2.34. The largest absolute Gasteiger partial charge is 0.416 e. The first kappa shape index (κ1) is 17.4. The number of aromatic nitrogens is 2. The van der Waals surface area contributed by atoms with Gasteiger partial charge in [0.25, 0.3) is 0 Å². The van der Waals surface area contributed by atoms with E-state index in [0.717, 1.165) is 29.0 Å². The number of hydrogen-bond donors (Lipinski definition) is 1. The number of nitrogens with zero attached hydrogens (tertiary/aromatic N) is 3. The molecule has 0 spiro atoms. The number of imidazole rings is 1. The van der Waals surface area contributed by atoms with Crippen molar-refractivity contribution >= 4 is 22.8 Å². The zero-order valence-corrected chi connectivity index (χ0v) is 14.5. The number of rotatable bonds is 2. The van der Waals surface area contributed by atoms with Crippen LogP contribution in [0, 0.1) is 6.92 Å². The third-order valence-corrected chi connectivity index (χ3v) is 4.73. The van der Waals surface area contributed by atoms with Gasteiger partial charge >= 0.3 is 12.2 Å². The molecule has 1 aliphatic heterocycles. The average Bonchev–Trinajstić information content (AvgIpc) is 2.89. The van der Waals surface area contributed by atoms with Crippen LogP contribution in [0.5, 0.6) is 0 Å². The summed E-state index contributed by atoms with van der Waals surface area (Å²) < 4.78 is 40.5. The maximum absolute atomic E-state index is 12.8. The Morgan fingerprint density at radius 2 is 1.89 bits per heavy atom. The second-order valence-electron chi connectivity index (χ2n) is 6.59. The van der Waals surface area contributed by atoms with Crippen LogP contribution in [0.1, 0.15) is 17.4 Å². The first-order valence-corrected chi connectivity index (χ1v) is 8.49. The summed E-state index contributed by atoms with van der Waals surface area (Å²) in [5.41, 5.74) is 1.25. The standard InChI is InChI=1S/C19H17F3N4O/c1-12-23-16-7-2-3-8-17(16)26(12)15-10-25(11-15)18(27)24-14-6-4-5-13(9-14)19(20,21)22/h2-9,15H,10-11H2,1H3,(H,24,27). The van der Waals surface area contributed by atoms with Gasteiger partial charge in [-0.15, -0.1) is 0 Å². The Hall–Kier alpha value is -3.03. The zero-order chi connectivity index (χ0) is 19.2. The number of carbonyl (C=O) groups is 1. The molecule has 4 rings (SSSR count). The van der Waals surface area contributed by atoms with Crippen molar-refractivity contribution in [1.82, 2.24) is 14.5 Å². The van der Waals surface area contributed by atoms with E-state index in [4.69, 9.17) is 0 Å². The van der Waals surface area contributed by atoms with E-state index in [2.05, 4.69) is 14.9 Å².